The zero-order valence-corrected chi connectivity index (χ0v) is 20.3. The van der Waals surface area contributed by atoms with Gasteiger partial charge in [-0.3, -0.25) is 10.1 Å². The average Bonchev–Trinajstić information content (AvgIpc) is 3.35. The van der Waals surface area contributed by atoms with Crippen molar-refractivity contribution in [3.63, 3.8) is 0 Å². The van der Waals surface area contributed by atoms with Gasteiger partial charge >= 0.3 is 5.97 Å². The van der Waals surface area contributed by atoms with Crippen LogP contribution in [0.25, 0.3) is 11.3 Å². The van der Waals surface area contributed by atoms with Gasteiger partial charge in [-0.05, 0) is 48.0 Å². The number of aromatic nitrogens is 1. The van der Waals surface area contributed by atoms with Crippen LogP contribution in [0.4, 0.5) is 9.52 Å². The van der Waals surface area contributed by atoms with Gasteiger partial charge < -0.3 is 4.74 Å². The highest BCUT2D eigenvalue weighted by Crippen LogP contribution is 2.25. The number of carbonyl (C=O) groups is 2. The van der Waals surface area contributed by atoms with E-state index in [4.69, 9.17) is 4.74 Å². The predicted octanol–water partition coefficient (Wildman–Crippen LogP) is 4.22. The van der Waals surface area contributed by atoms with E-state index < -0.39 is 28.5 Å². The van der Waals surface area contributed by atoms with E-state index in [2.05, 4.69) is 15.0 Å². The van der Waals surface area contributed by atoms with Crippen LogP contribution in [0.3, 0.4) is 0 Å². The summed E-state index contributed by atoms with van der Waals surface area (Å²) in [6, 6.07) is 20.1. The molecule has 11 heteroatoms. The van der Waals surface area contributed by atoms with Crippen LogP contribution < -0.4 is 10.0 Å². The topological polar surface area (TPSA) is 114 Å². The Labute approximate surface area is 210 Å². The van der Waals surface area contributed by atoms with Crippen molar-refractivity contribution < 1.29 is 27.1 Å². The highest BCUT2D eigenvalue weighted by molar-refractivity contribution is 7.89. The number of sulfonamides is 1. The third kappa shape index (κ3) is 6.60. The summed E-state index contributed by atoms with van der Waals surface area (Å²) >= 11 is 1.16. The molecule has 36 heavy (non-hydrogen) atoms. The second-order valence-electron chi connectivity index (χ2n) is 7.51. The molecule has 1 heterocycles. The van der Waals surface area contributed by atoms with E-state index in [-0.39, 0.29) is 28.0 Å². The van der Waals surface area contributed by atoms with Crippen LogP contribution in [-0.2, 0) is 26.1 Å². The molecule has 0 atom stereocenters. The number of nitrogens with one attached hydrogen (secondary N) is 2. The van der Waals surface area contributed by atoms with E-state index in [0.717, 1.165) is 16.9 Å². The van der Waals surface area contributed by atoms with Crippen LogP contribution in [0.1, 0.15) is 15.9 Å². The van der Waals surface area contributed by atoms with Gasteiger partial charge in [-0.15, -0.1) is 11.3 Å². The van der Waals surface area contributed by atoms with Crippen molar-refractivity contribution in [2.24, 2.45) is 0 Å². The zero-order valence-electron chi connectivity index (χ0n) is 18.7. The quantitative estimate of drug-likeness (QED) is 0.316. The Bertz CT molecular complexity index is 1470. The molecule has 1 aromatic heterocycles. The first-order valence-corrected chi connectivity index (χ1v) is 13.0. The van der Waals surface area contributed by atoms with Crippen molar-refractivity contribution in [3.05, 3.63) is 101 Å². The van der Waals surface area contributed by atoms with Crippen LogP contribution >= 0.6 is 11.3 Å². The second-order valence-corrected chi connectivity index (χ2v) is 10.1. The molecule has 4 aromatic rings. The summed E-state index contributed by atoms with van der Waals surface area (Å²) in [5.74, 6) is -1.83. The van der Waals surface area contributed by atoms with E-state index in [1.807, 2.05) is 6.07 Å². The molecular formula is C25H20FN3O5S2. The lowest BCUT2D eigenvalue weighted by Crippen LogP contribution is -2.24. The lowest BCUT2D eigenvalue weighted by atomic mass is 10.2. The van der Waals surface area contributed by atoms with Gasteiger partial charge in [-0.1, -0.05) is 36.4 Å². The highest BCUT2D eigenvalue weighted by Gasteiger charge is 2.18. The van der Waals surface area contributed by atoms with Gasteiger partial charge in [-0.2, -0.15) is 0 Å². The van der Waals surface area contributed by atoms with E-state index in [0.29, 0.717) is 11.3 Å². The molecule has 0 radical (unpaired) electrons. The number of thiazole rings is 1. The van der Waals surface area contributed by atoms with Crippen LogP contribution in [0, 0.1) is 5.82 Å². The number of esters is 1. The SMILES string of the molecule is O=C(COC(=O)c1cccc(S(=O)(=O)NCc2ccccc2)c1)Nc1nc(-c2ccc(F)cc2)cs1. The van der Waals surface area contributed by atoms with Gasteiger partial charge in [0.05, 0.1) is 16.2 Å². The molecule has 4 rings (SSSR count). The van der Waals surface area contributed by atoms with Gasteiger partial charge in [0, 0.05) is 17.5 Å². The molecule has 0 bridgehead atoms. The first-order chi connectivity index (χ1) is 17.3. The summed E-state index contributed by atoms with van der Waals surface area (Å²) in [6.07, 6.45) is 0. The molecule has 0 aliphatic heterocycles. The first-order valence-electron chi connectivity index (χ1n) is 10.6. The van der Waals surface area contributed by atoms with Crippen LogP contribution in [0.5, 0.6) is 0 Å². The average molecular weight is 526 g/mol. The van der Waals surface area contributed by atoms with Gasteiger partial charge in [0.15, 0.2) is 11.7 Å². The fraction of sp³-hybridized carbons (Fsp3) is 0.0800. The summed E-state index contributed by atoms with van der Waals surface area (Å²) in [4.78, 5) is 28.8. The fourth-order valence-electron chi connectivity index (χ4n) is 3.10. The molecule has 1 amide bonds. The molecule has 0 fully saturated rings. The molecule has 8 nitrogen and oxygen atoms in total. The molecule has 0 aliphatic rings. The number of benzene rings is 3. The lowest BCUT2D eigenvalue weighted by molar-refractivity contribution is -0.119. The van der Waals surface area contributed by atoms with Gasteiger partial charge in [0.2, 0.25) is 10.0 Å². The number of nitrogens with zero attached hydrogens (tertiary/aromatic N) is 1. The zero-order chi connectivity index (χ0) is 25.5. The summed E-state index contributed by atoms with van der Waals surface area (Å²) in [5.41, 5.74) is 2.02. The number of ether oxygens (including phenoxy) is 1. The number of hydrogen-bond donors (Lipinski definition) is 2. The van der Waals surface area contributed by atoms with Crippen molar-refractivity contribution in [2.45, 2.75) is 11.4 Å². The Morgan fingerprint density at radius 2 is 1.72 bits per heavy atom. The Morgan fingerprint density at radius 1 is 0.972 bits per heavy atom. The van der Waals surface area contributed by atoms with E-state index in [1.54, 1.807) is 41.8 Å². The molecule has 0 saturated carbocycles. The van der Waals surface area contributed by atoms with Crippen molar-refractivity contribution in [2.75, 3.05) is 11.9 Å². The monoisotopic (exact) mass is 525 g/mol. The number of rotatable bonds is 9. The van der Waals surface area contributed by atoms with Crippen LogP contribution in [0.15, 0.2) is 89.1 Å². The minimum Gasteiger partial charge on any atom is -0.452 e. The maximum Gasteiger partial charge on any atom is 0.338 e. The molecule has 184 valence electrons. The van der Waals surface area contributed by atoms with Crippen LogP contribution in [-0.4, -0.2) is 31.9 Å². The number of amides is 1. The van der Waals surface area contributed by atoms with Crippen molar-refractivity contribution >= 4 is 38.4 Å². The predicted molar refractivity (Wildman–Crippen MR) is 133 cm³/mol. The summed E-state index contributed by atoms with van der Waals surface area (Å²) in [5, 5.41) is 4.52. The molecule has 0 aliphatic carbocycles. The lowest BCUT2D eigenvalue weighted by Gasteiger charge is -2.09. The number of anilines is 1. The molecule has 0 spiro atoms. The molecule has 0 saturated heterocycles. The maximum atomic E-state index is 13.1. The standard InChI is InChI=1S/C25H20FN3O5S2/c26-20-11-9-18(10-12-20)22-16-35-25(28-22)29-23(30)15-34-24(31)19-7-4-8-21(13-19)36(32,33)27-14-17-5-2-1-3-6-17/h1-13,16,27H,14-15H2,(H,28,29,30). The number of halogens is 1. The third-order valence-electron chi connectivity index (χ3n) is 4.91. The van der Waals surface area contributed by atoms with E-state index in [1.165, 1.54) is 36.4 Å². The van der Waals surface area contributed by atoms with Gasteiger partial charge in [-0.25, -0.2) is 27.3 Å². The fourth-order valence-corrected chi connectivity index (χ4v) is 4.90. The minimum atomic E-state index is -3.87. The van der Waals surface area contributed by atoms with Crippen molar-refractivity contribution in [1.29, 1.82) is 0 Å². The Kier molecular flexibility index (Phi) is 7.84. The highest BCUT2D eigenvalue weighted by atomic mass is 32.2. The Balaban J connectivity index is 1.32. The second kappa shape index (κ2) is 11.2. The van der Waals surface area contributed by atoms with Gasteiger partial charge in [0.1, 0.15) is 5.82 Å². The maximum absolute atomic E-state index is 13.1. The van der Waals surface area contributed by atoms with Gasteiger partial charge in [0.25, 0.3) is 5.91 Å². The Morgan fingerprint density at radius 3 is 2.47 bits per heavy atom. The van der Waals surface area contributed by atoms with Crippen molar-refractivity contribution in [3.8, 4) is 11.3 Å². The first kappa shape index (κ1) is 25.2. The smallest absolute Gasteiger partial charge is 0.338 e. The third-order valence-corrected chi connectivity index (χ3v) is 7.07. The number of hydrogen-bond acceptors (Lipinski definition) is 7. The van der Waals surface area contributed by atoms with Crippen LogP contribution in [0.2, 0.25) is 0 Å². The van der Waals surface area contributed by atoms with Crippen molar-refractivity contribution in [1.82, 2.24) is 9.71 Å². The molecule has 3 aromatic carbocycles. The summed E-state index contributed by atoms with van der Waals surface area (Å²) in [6.45, 7) is -0.495. The summed E-state index contributed by atoms with van der Waals surface area (Å²) < 4.78 is 45.8. The minimum absolute atomic E-state index is 0.0155. The normalized spacial score (nSPS) is 11.1. The van der Waals surface area contributed by atoms with E-state index >= 15 is 0 Å². The largest absolute Gasteiger partial charge is 0.452 e. The van der Waals surface area contributed by atoms with E-state index in [9.17, 15) is 22.4 Å². The molecular weight excluding hydrogens is 505 g/mol. The Hall–Kier alpha value is -3.93. The molecule has 2 N–H and O–H groups in total. The summed E-state index contributed by atoms with van der Waals surface area (Å²) in [7, 11) is -3.87. The number of carbonyl (C=O) groups excluding carboxylic acids is 2. The molecule has 0 unspecified atom stereocenters.